The Hall–Kier alpha value is -4.07. The number of nitrogens with one attached hydrogen (secondary N) is 2. The lowest BCUT2D eigenvalue weighted by Crippen LogP contribution is -2.47. The lowest BCUT2D eigenvalue weighted by molar-refractivity contribution is -0.121. The van der Waals surface area contributed by atoms with Gasteiger partial charge in [-0.05, 0) is 54.8 Å². The number of hydrogen-bond acceptors (Lipinski definition) is 4. The highest BCUT2D eigenvalue weighted by atomic mass is 19.1. The largest absolute Gasteiger partial charge is 0.497 e. The Morgan fingerprint density at radius 1 is 0.914 bits per heavy atom. The quantitative estimate of drug-likeness (QED) is 0.494. The fraction of sp³-hybridized carbons (Fsp3) is 0.259. The van der Waals surface area contributed by atoms with E-state index < -0.39 is 5.92 Å². The third kappa shape index (κ3) is 5.71. The molecule has 1 aliphatic rings. The van der Waals surface area contributed by atoms with Crippen molar-refractivity contribution >= 4 is 23.3 Å². The number of likely N-dealkylation sites (tertiary alicyclic amines) is 1. The summed E-state index contributed by atoms with van der Waals surface area (Å²) < 4.78 is 24.1. The maximum atomic E-state index is 13.5. The van der Waals surface area contributed by atoms with Crippen molar-refractivity contribution in [3.63, 3.8) is 0 Å². The van der Waals surface area contributed by atoms with Crippen LogP contribution in [0, 0.1) is 11.7 Å². The third-order valence-electron chi connectivity index (χ3n) is 6.16. The zero-order valence-corrected chi connectivity index (χ0v) is 19.7. The van der Waals surface area contributed by atoms with Gasteiger partial charge in [-0.15, -0.1) is 0 Å². The minimum absolute atomic E-state index is 0.205. The number of benzene rings is 3. The summed E-state index contributed by atoms with van der Waals surface area (Å²) in [4.78, 5) is 28.1. The molecule has 1 saturated heterocycles. The number of carbonyl (C=O) groups is 2. The molecule has 3 amide bonds. The van der Waals surface area contributed by atoms with Gasteiger partial charge in [0, 0.05) is 18.3 Å². The van der Waals surface area contributed by atoms with Gasteiger partial charge in [0.2, 0.25) is 5.91 Å². The van der Waals surface area contributed by atoms with E-state index in [1.54, 1.807) is 54.5 Å². The third-order valence-corrected chi connectivity index (χ3v) is 6.16. The molecule has 1 fully saturated rings. The smallest absolute Gasteiger partial charge is 0.322 e. The van der Waals surface area contributed by atoms with Crippen LogP contribution < -0.4 is 20.1 Å². The van der Waals surface area contributed by atoms with Gasteiger partial charge in [-0.3, -0.25) is 4.79 Å². The van der Waals surface area contributed by atoms with Crippen LogP contribution in [0.3, 0.4) is 0 Å². The van der Waals surface area contributed by atoms with Crippen molar-refractivity contribution < 1.29 is 23.5 Å². The normalized spacial score (nSPS) is 17.4. The van der Waals surface area contributed by atoms with Gasteiger partial charge in [-0.25, -0.2) is 9.18 Å². The Morgan fingerprint density at radius 3 is 2.34 bits per heavy atom. The van der Waals surface area contributed by atoms with Crippen molar-refractivity contribution in [2.75, 3.05) is 31.4 Å². The van der Waals surface area contributed by atoms with Crippen molar-refractivity contribution in [3.8, 4) is 11.5 Å². The zero-order chi connectivity index (χ0) is 24.8. The molecule has 0 spiro atoms. The van der Waals surface area contributed by atoms with Crippen LogP contribution in [0.25, 0.3) is 0 Å². The van der Waals surface area contributed by atoms with Gasteiger partial charge in [0.15, 0.2) is 0 Å². The molecule has 1 heterocycles. The summed E-state index contributed by atoms with van der Waals surface area (Å²) in [7, 11) is 3.08. The number of piperidine rings is 1. The average Bonchev–Trinajstić information content (AvgIpc) is 2.89. The summed E-state index contributed by atoms with van der Waals surface area (Å²) in [6, 6.07) is 19.8. The summed E-state index contributed by atoms with van der Waals surface area (Å²) >= 11 is 0. The molecule has 0 radical (unpaired) electrons. The second-order valence-electron chi connectivity index (χ2n) is 8.35. The SMILES string of the molecule is COc1ccc(NC(=O)C2CCC(c3ccc(F)cc3)N(C(=O)Nc3ccccc3)C2)c(OC)c1. The number of hydrogen-bond donors (Lipinski definition) is 2. The Labute approximate surface area is 203 Å². The molecule has 2 unspecified atom stereocenters. The van der Waals surface area contributed by atoms with Crippen LogP contribution in [0.15, 0.2) is 72.8 Å². The van der Waals surface area contributed by atoms with Gasteiger partial charge < -0.3 is 25.0 Å². The predicted molar refractivity (Wildman–Crippen MR) is 132 cm³/mol. The Morgan fingerprint density at radius 2 is 1.66 bits per heavy atom. The summed E-state index contributed by atoms with van der Waals surface area (Å²) in [6.07, 6.45) is 1.13. The minimum atomic E-state index is -0.431. The lowest BCUT2D eigenvalue weighted by atomic mass is 9.88. The fourth-order valence-electron chi connectivity index (χ4n) is 4.29. The molecule has 3 aromatic rings. The molecule has 3 aromatic carbocycles. The van der Waals surface area contributed by atoms with Crippen molar-refractivity contribution in [2.24, 2.45) is 5.92 Å². The summed E-state index contributed by atoms with van der Waals surface area (Å²) in [5.74, 6) is 0.124. The van der Waals surface area contributed by atoms with Crippen LogP contribution in [0.1, 0.15) is 24.4 Å². The highest BCUT2D eigenvalue weighted by Crippen LogP contribution is 2.36. The van der Waals surface area contributed by atoms with Crippen molar-refractivity contribution in [3.05, 3.63) is 84.2 Å². The van der Waals surface area contributed by atoms with E-state index in [2.05, 4.69) is 10.6 Å². The van der Waals surface area contributed by atoms with E-state index in [0.29, 0.717) is 35.7 Å². The van der Waals surface area contributed by atoms with Crippen LogP contribution in [-0.2, 0) is 4.79 Å². The number of nitrogens with zero attached hydrogens (tertiary/aromatic N) is 1. The second kappa shape index (κ2) is 10.9. The molecule has 7 nitrogen and oxygen atoms in total. The molecular weight excluding hydrogens is 449 g/mol. The first-order valence-electron chi connectivity index (χ1n) is 11.4. The molecule has 2 atom stereocenters. The zero-order valence-electron chi connectivity index (χ0n) is 19.7. The van der Waals surface area contributed by atoms with Crippen molar-refractivity contribution in [1.29, 1.82) is 0 Å². The maximum absolute atomic E-state index is 13.5. The molecule has 8 heteroatoms. The molecule has 0 saturated carbocycles. The minimum Gasteiger partial charge on any atom is -0.497 e. The van der Waals surface area contributed by atoms with E-state index >= 15 is 0 Å². The molecule has 0 bridgehead atoms. The highest BCUT2D eigenvalue weighted by Gasteiger charge is 2.36. The average molecular weight is 478 g/mol. The van der Waals surface area contributed by atoms with Crippen molar-refractivity contribution in [1.82, 2.24) is 4.90 Å². The summed E-state index contributed by atoms with van der Waals surface area (Å²) in [6.45, 7) is 0.213. The number of carbonyl (C=O) groups excluding carboxylic acids is 2. The molecule has 0 aromatic heterocycles. The standard InChI is InChI=1S/C27H28FN3O4/c1-34-22-13-14-23(25(16-22)35-2)30-26(32)19-10-15-24(18-8-11-20(28)12-9-18)31(17-19)27(33)29-21-6-4-3-5-7-21/h3-9,11-14,16,19,24H,10,15,17H2,1-2H3,(H,29,33)(H,30,32). The van der Waals surface area contributed by atoms with Crippen molar-refractivity contribution in [2.45, 2.75) is 18.9 Å². The molecular formula is C27H28FN3O4. The second-order valence-corrected chi connectivity index (χ2v) is 8.35. The number of halogens is 1. The predicted octanol–water partition coefficient (Wildman–Crippen LogP) is 5.47. The summed E-state index contributed by atoms with van der Waals surface area (Å²) in [5, 5.41) is 5.84. The van der Waals surface area contributed by atoms with E-state index in [1.165, 1.54) is 19.2 Å². The Bertz CT molecular complexity index is 1170. The van der Waals surface area contributed by atoms with Gasteiger partial charge in [-0.1, -0.05) is 30.3 Å². The Balaban J connectivity index is 1.54. The van der Waals surface area contributed by atoms with Gasteiger partial charge in [0.1, 0.15) is 17.3 Å². The number of para-hydroxylation sites is 1. The molecule has 2 N–H and O–H groups in total. The summed E-state index contributed by atoms with van der Waals surface area (Å²) in [5.41, 5.74) is 2.01. The number of methoxy groups -OCH3 is 2. The van der Waals surface area contributed by atoms with Crippen LogP contribution in [0.5, 0.6) is 11.5 Å². The first-order valence-corrected chi connectivity index (χ1v) is 11.4. The van der Waals surface area contributed by atoms with Gasteiger partial charge in [0.25, 0.3) is 0 Å². The van der Waals surface area contributed by atoms with Crippen LogP contribution in [0.4, 0.5) is 20.6 Å². The van der Waals surface area contributed by atoms with E-state index in [9.17, 15) is 14.0 Å². The highest BCUT2D eigenvalue weighted by molar-refractivity contribution is 5.95. The Kier molecular flexibility index (Phi) is 7.50. The topological polar surface area (TPSA) is 79.9 Å². The van der Waals surface area contributed by atoms with Crippen LogP contribution >= 0.6 is 0 Å². The van der Waals surface area contributed by atoms with Crippen LogP contribution in [-0.4, -0.2) is 37.6 Å². The lowest BCUT2D eigenvalue weighted by Gasteiger charge is -2.39. The maximum Gasteiger partial charge on any atom is 0.322 e. The van der Waals surface area contributed by atoms with Gasteiger partial charge >= 0.3 is 6.03 Å². The van der Waals surface area contributed by atoms with E-state index in [1.807, 2.05) is 18.2 Å². The monoisotopic (exact) mass is 477 g/mol. The number of urea groups is 1. The number of amides is 3. The molecule has 1 aliphatic heterocycles. The molecule has 4 rings (SSSR count). The number of anilines is 2. The van der Waals surface area contributed by atoms with Crippen LogP contribution in [0.2, 0.25) is 0 Å². The molecule has 182 valence electrons. The molecule has 0 aliphatic carbocycles. The molecule has 35 heavy (non-hydrogen) atoms. The van der Waals surface area contributed by atoms with Gasteiger partial charge in [0.05, 0.1) is 31.9 Å². The van der Waals surface area contributed by atoms with E-state index in [-0.39, 0.29) is 30.3 Å². The van der Waals surface area contributed by atoms with Gasteiger partial charge in [-0.2, -0.15) is 0 Å². The number of rotatable bonds is 6. The number of ether oxygens (including phenoxy) is 2. The first-order chi connectivity index (χ1) is 17.0. The first kappa shape index (κ1) is 24.1. The van der Waals surface area contributed by atoms with E-state index in [0.717, 1.165) is 5.56 Å². The van der Waals surface area contributed by atoms with E-state index in [4.69, 9.17) is 9.47 Å². The fourth-order valence-corrected chi connectivity index (χ4v) is 4.29.